The van der Waals surface area contributed by atoms with Gasteiger partial charge in [0.2, 0.25) is 9.84 Å². The zero-order valence-electron chi connectivity index (χ0n) is 12.4. The largest absolute Gasteiger partial charge is 0.282 e. The summed E-state index contributed by atoms with van der Waals surface area (Å²) >= 11 is 13.5. The molecule has 124 valence electrons. The molecule has 0 atom stereocenters. The molecule has 1 aliphatic rings. The average molecular weight is 382 g/mol. The molecule has 0 spiro atoms. The van der Waals surface area contributed by atoms with Crippen LogP contribution in [-0.2, 0) is 9.84 Å². The van der Waals surface area contributed by atoms with Gasteiger partial charge in [-0.2, -0.15) is 0 Å². The molecule has 0 N–H and O–H groups in total. The Balaban J connectivity index is 2.11. The van der Waals surface area contributed by atoms with Crippen molar-refractivity contribution in [2.45, 2.75) is 46.4 Å². The van der Waals surface area contributed by atoms with E-state index in [1.54, 1.807) is 18.2 Å². The van der Waals surface area contributed by atoms with Gasteiger partial charge in [0.25, 0.3) is 3.00 Å². The SMILES string of the molecule is O=S(=O)(c1ccccc1)C(Cl)(Cl)SN1CCCCCCCC1. The predicted octanol–water partition coefficient (Wildman–Crippen LogP) is 4.85. The standard InChI is InChI=1S/C15H21Cl2NO2S2/c16-15(17,22(19,20)14-10-6-5-7-11-14)21-18-12-8-3-1-2-4-9-13-18/h5-7,10-11H,1-4,8-9,12-13H2. The van der Waals surface area contributed by atoms with Gasteiger partial charge in [0, 0.05) is 13.1 Å². The molecule has 0 aromatic heterocycles. The number of halogens is 2. The van der Waals surface area contributed by atoms with Crippen molar-refractivity contribution in [3.63, 3.8) is 0 Å². The van der Waals surface area contributed by atoms with Crippen molar-refractivity contribution in [1.82, 2.24) is 4.31 Å². The van der Waals surface area contributed by atoms with Gasteiger partial charge in [-0.1, -0.05) is 67.1 Å². The fraction of sp³-hybridized carbons (Fsp3) is 0.600. The highest BCUT2D eigenvalue weighted by Crippen LogP contribution is 2.45. The van der Waals surface area contributed by atoms with Gasteiger partial charge in [0.05, 0.1) is 4.90 Å². The maximum absolute atomic E-state index is 12.6. The average Bonchev–Trinajstić information content (AvgIpc) is 2.61. The molecule has 22 heavy (non-hydrogen) atoms. The number of rotatable bonds is 4. The molecule has 0 unspecified atom stereocenters. The molecule has 0 bridgehead atoms. The summed E-state index contributed by atoms with van der Waals surface area (Å²) in [5.41, 5.74) is 0. The Kier molecular flexibility index (Phi) is 6.90. The monoisotopic (exact) mass is 381 g/mol. The fourth-order valence-corrected chi connectivity index (χ4v) is 6.07. The molecule has 3 nitrogen and oxygen atoms in total. The molecule has 0 radical (unpaired) electrons. The molecule has 0 aliphatic carbocycles. The van der Waals surface area contributed by atoms with Crippen LogP contribution in [0.25, 0.3) is 0 Å². The maximum Gasteiger partial charge on any atom is 0.282 e. The highest BCUT2D eigenvalue weighted by molar-refractivity contribution is 8.17. The highest BCUT2D eigenvalue weighted by Gasteiger charge is 2.44. The molecule has 0 saturated carbocycles. The van der Waals surface area contributed by atoms with E-state index >= 15 is 0 Å². The molecule has 1 aliphatic heterocycles. The highest BCUT2D eigenvalue weighted by atomic mass is 35.5. The van der Waals surface area contributed by atoms with Gasteiger partial charge in [-0.15, -0.1) is 0 Å². The molecule has 7 heteroatoms. The summed E-state index contributed by atoms with van der Waals surface area (Å²) in [6.45, 7) is 1.63. The van der Waals surface area contributed by atoms with E-state index in [0.29, 0.717) is 0 Å². The first-order valence-electron chi connectivity index (χ1n) is 7.55. The molecule has 1 aromatic carbocycles. The number of sulfone groups is 1. The molecule has 0 amide bonds. The van der Waals surface area contributed by atoms with Crippen LogP contribution in [0.2, 0.25) is 0 Å². The molecule has 1 heterocycles. The van der Waals surface area contributed by atoms with Crippen molar-refractivity contribution in [2.75, 3.05) is 13.1 Å². The van der Waals surface area contributed by atoms with E-state index in [1.165, 1.54) is 37.8 Å². The number of hydrogen-bond donors (Lipinski definition) is 0. The summed E-state index contributed by atoms with van der Waals surface area (Å²) < 4.78 is 25.4. The lowest BCUT2D eigenvalue weighted by molar-refractivity contribution is 0.453. The molecular formula is C15H21Cl2NO2S2. The predicted molar refractivity (Wildman–Crippen MR) is 94.9 cm³/mol. The van der Waals surface area contributed by atoms with Crippen LogP contribution in [0, 0.1) is 0 Å². The van der Waals surface area contributed by atoms with E-state index in [-0.39, 0.29) is 4.90 Å². The zero-order chi connectivity index (χ0) is 16.1. The van der Waals surface area contributed by atoms with Crippen LogP contribution in [0.4, 0.5) is 0 Å². The first kappa shape index (κ1) is 18.4. The normalized spacial score (nSPS) is 19.2. The third-order valence-corrected chi connectivity index (χ3v) is 8.54. The summed E-state index contributed by atoms with van der Waals surface area (Å²) in [6.07, 6.45) is 6.91. The van der Waals surface area contributed by atoms with Crippen LogP contribution in [-0.4, -0.2) is 28.8 Å². The first-order valence-corrected chi connectivity index (χ1v) is 10.6. The van der Waals surface area contributed by atoms with E-state index < -0.39 is 12.8 Å². The van der Waals surface area contributed by atoms with Crippen molar-refractivity contribution in [3.8, 4) is 0 Å². The Labute approximate surface area is 147 Å². The lowest BCUT2D eigenvalue weighted by Crippen LogP contribution is -2.30. The lowest BCUT2D eigenvalue weighted by Gasteiger charge is -2.27. The number of alkyl halides is 2. The first-order chi connectivity index (χ1) is 10.4. The van der Waals surface area contributed by atoms with Gasteiger partial charge in [0.15, 0.2) is 0 Å². The fourth-order valence-electron chi connectivity index (χ4n) is 2.42. The summed E-state index contributed by atoms with van der Waals surface area (Å²) in [7, 11) is -3.82. The van der Waals surface area contributed by atoms with Crippen molar-refractivity contribution in [2.24, 2.45) is 0 Å². The van der Waals surface area contributed by atoms with Gasteiger partial charge in [-0.25, -0.2) is 12.7 Å². The maximum atomic E-state index is 12.6. The van der Waals surface area contributed by atoms with Crippen molar-refractivity contribution < 1.29 is 8.42 Å². The number of hydrogen-bond acceptors (Lipinski definition) is 4. The Morgan fingerprint density at radius 3 is 1.95 bits per heavy atom. The number of nitrogens with zero attached hydrogens (tertiary/aromatic N) is 1. The van der Waals surface area contributed by atoms with Crippen LogP contribution >= 0.6 is 35.1 Å². The smallest absolute Gasteiger partial charge is 0.247 e. The second kappa shape index (κ2) is 8.25. The third-order valence-electron chi connectivity index (χ3n) is 3.67. The van der Waals surface area contributed by atoms with Crippen molar-refractivity contribution in [1.29, 1.82) is 0 Å². The quantitative estimate of drug-likeness (QED) is 0.551. The van der Waals surface area contributed by atoms with Crippen LogP contribution in [0.1, 0.15) is 38.5 Å². The van der Waals surface area contributed by atoms with E-state index in [4.69, 9.17) is 23.2 Å². The third kappa shape index (κ3) is 4.78. The minimum atomic E-state index is -3.82. The molecule has 2 rings (SSSR count). The minimum Gasteiger partial charge on any atom is -0.247 e. The van der Waals surface area contributed by atoms with E-state index in [1.807, 2.05) is 4.31 Å². The van der Waals surface area contributed by atoms with E-state index in [9.17, 15) is 8.42 Å². The van der Waals surface area contributed by atoms with Crippen LogP contribution in [0.3, 0.4) is 0 Å². The zero-order valence-corrected chi connectivity index (χ0v) is 15.5. The Bertz CT molecular complexity index is 554. The summed E-state index contributed by atoms with van der Waals surface area (Å²) in [5.74, 6) is 0. The van der Waals surface area contributed by atoms with Gasteiger partial charge < -0.3 is 0 Å². The summed E-state index contributed by atoms with van der Waals surface area (Å²) in [6, 6.07) is 8.14. The molecule has 1 fully saturated rings. The Hall–Kier alpha value is 0.0600. The molecule has 1 aromatic rings. The number of benzene rings is 1. The lowest BCUT2D eigenvalue weighted by atomic mass is 10.1. The topological polar surface area (TPSA) is 37.4 Å². The second-order valence-electron chi connectivity index (χ2n) is 5.42. The second-order valence-corrected chi connectivity index (χ2v) is 11.3. The van der Waals surface area contributed by atoms with Gasteiger partial charge in [0.1, 0.15) is 0 Å². The van der Waals surface area contributed by atoms with Gasteiger partial charge in [-0.05, 0) is 36.9 Å². The van der Waals surface area contributed by atoms with Crippen LogP contribution in [0.15, 0.2) is 35.2 Å². The summed E-state index contributed by atoms with van der Waals surface area (Å²) in [5, 5.41) is 0. The van der Waals surface area contributed by atoms with Crippen molar-refractivity contribution >= 4 is 45.0 Å². The molecular weight excluding hydrogens is 361 g/mol. The van der Waals surface area contributed by atoms with Crippen molar-refractivity contribution in [3.05, 3.63) is 30.3 Å². The minimum absolute atomic E-state index is 0.150. The Morgan fingerprint density at radius 1 is 0.909 bits per heavy atom. The van der Waals surface area contributed by atoms with E-state index in [0.717, 1.165) is 37.9 Å². The van der Waals surface area contributed by atoms with Crippen LogP contribution in [0.5, 0.6) is 0 Å². The molecule has 1 saturated heterocycles. The van der Waals surface area contributed by atoms with E-state index in [2.05, 4.69) is 0 Å². The van der Waals surface area contributed by atoms with Crippen LogP contribution < -0.4 is 0 Å². The Morgan fingerprint density at radius 2 is 1.41 bits per heavy atom. The van der Waals surface area contributed by atoms with Gasteiger partial charge in [-0.3, -0.25) is 0 Å². The summed E-state index contributed by atoms with van der Waals surface area (Å²) in [4.78, 5) is 0.150. The van der Waals surface area contributed by atoms with Gasteiger partial charge >= 0.3 is 0 Å².